The summed E-state index contributed by atoms with van der Waals surface area (Å²) in [5.74, 6) is 0.667. The summed E-state index contributed by atoms with van der Waals surface area (Å²) in [7, 11) is 4.09. The van der Waals surface area contributed by atoms with Gasteiger partial charge in [0.1, 0.15) is 0 Å². The number of anilines is 1. The van der Waals surface area contributed by atoms with E-state index in [1.54, 1.807) is 0 Å². The molecule has 4 nitrogen and oxygen atoms in total. The molecule has 0 bridgehead atoms. The summed E-state index contributed by atoms with van der Waals surface area (Å²) in [5, 5.41) is 6.35. The van der Waals surface area contributed by atoms with Gasteiger partial charge in [-0.2, -0.15) is 0 Å². The Morgan fingerprint density at radius 1 is 1.35 bits per heavy atom. The number of piperidine rings is 1. The van der Waals surface area contributed by atoms with E-state index in [1.165, 1.54) is 5.56 Å². The first-order valence-electron chi connectivity index (χ1n) is 7.38. The van der Waals surface area contributed by atoms with Crippen molar-refractivity contribution in [2.24, 2.45) is 5.92 Å². The number of nitrogens with zero attached hydrogens (tertiary/aromatic N) is 1. The number of carbonyl (C=O) groups is 1. The third kappa shape index (κ3) is 4.94. The van der Waals surface area contributed by atoms with Crippen molar-refractivity contribution in [1.82, 2.24) is 10.2 Å². The molecule has 110 valence electrons. The second kappa shape index (κ2) is 7.41. The molecule has 0 aliphatic carbocycles. The molecule has 20 heavy (non-hydrogen) atoms. The highest BCUT2D eigenvalue weighted by atomic mass is 16.1. The number of carbonyl (C=O) groups excluding carboxylic acids is 1. The number of rotatable bonds is 5. The lowest BCUT2D eigenvalue weighted by molar-refractivity contribution is -0.117. The molecule has 1 aromatic carbocycles. The van der Waals surface area contributed by atoms with Crippen molar-refractivity contribution in [3.63, 3.8) is 0 Å². The highest BCUT2D eigenvalue weighted by Crippen LogP contribution is 2.18. The van der Waals surface area contributed by atoms with Crippen molar-refractivity contribution in [2.45, 2.75) is 25.8 Å². The van der Waals surface area contributed by atoms with Gasteiger partial charge in [0.2, 0.25) is 5.91 Å². The van der Waals surface area contributed by atoms with E-state index in [1.807, 2.05) is 26.2 Å². The van der Waals surface area contributed by atoms with Crippen LogP contribution in [0.15, 0.2) is 24.3 Å². The van der Waals surface area contributed by atoms with Gasteiger partial charge in [0.25, 0.3) is 0 Å². The Morgan fingerprint density at radius 3 is 2.80 bits per heavy atom. The Hall–Kier alpha value is -1.39. The van der Waals surface area contributed by atoms with Crippen molar-refractivity contribution >= 4 is 11.6 Å². The molecule has 1 heterocycles. The fourth-order valence-electron chi connectivity index (χ4n) is 2.67. The lowest BCUT2D eigenvalue weighted by Gasteiger charge is -2.22. The SMILES string of the molecule is CN(C)Cc1cccc(NC(=O)CC2CCNCC2)c1. The van der Waals surface area contributed by atoms with Crippen LogP contribution in [0.4, 0.5) is 5.69 Å². The molecule has 1 fully saturated rings. The summed E-state index contributed by atoms with van der Waals surface area (Å²) >= 11 is 0. The topological polar surface area (TPSA) is 44.4 Å². The molecular weight excluding hydrogens is 250 g/mol. The van der Waals surface area contributed by atoms with Gasteiger partial charge in [0.05, 0.1) is 0 Å². The standard InChI is InChI=1S/C16H25N3O/c1-19(2)12-14-4-3-5-15(10-14)18-16(20)11-13-6-8-17-9-7-13/h3-5,10,13,17H,6-9,11-12H2,1-2H3,(H,18,20). The predicted molar refractivity (Wildman–Crippen MR) is 82.7 cm³/mol. The summed E-state index contributed by atoms with van der Waals surface area (Å²) in [6.45, 7) is 2.96. The van der Waals surface area contributed by atoms with Crippen molar-refractivity contribution < 1.29 is 4.79 Å². The zero-order chi connectivity index (χ0) is 14.4. The molecule has 0 unspecified atom stereocenters. The van der Waals surface area contributed by atoms with Crippen LogP contribution in [0.25, 0.3) is 0 Å². The largest absolute Gasteiger partial charge is 0.326 e. The van der Waals surface area contributed by atoms with Crippen LogP contribution < -0.4 is 10.6 Å². The second-order valence-corrected chi connectivity index (χ2v) is 5.88. The number of hydrogen-bond donors (Lipinski definition) is 2. The van der Waals surface area contributed by atoms with Crippen LogP contribution in [-0.4, -0.2) is 38.0 Å². The number of nitrogens with one attached hydrogen (secondary N) is 2. The maximum absolute atomic E-state index is 12.1. The normalized spacial score (nSPS) is 16.4. The molecular formula is C16H25N3O. The van der Waals surface area contributed by atoms with Crippen molar-refractivity contribution in [1.29, 1.82) is 0 Å². The molecule has 1 saturated heterocycles. The van der Waals surface area contributed by atoms with Gasteiger partial charge in [-0.05, 0) is 63.6 Å². The van der Waals surface area contributed by atoms with Crippen LogP contribution in [0.3, 0.4) is 0 Å². The van der Waals surface area contributed by atoms with E-state index in [0.717, 1.165) is 38.2 Å². The zero-order valence-corrected chi connectivity index (χ0v) is 12.5. The molecule has 0 radical (unpaired) electrons. The van der Waals surface area contributed by atoms with E-state index in [0.29, 0.717) is 12.3 Å². The van der Waals surface area contributed by atoms with Gasteiger partial charge in [-0.25, -0.2) is 0 Å². The van der Waals surface area contributed by atoms with E-state index >= 15 is 0 Å². The van der Waals surface area contributed by atoms with Crippen molar-refractivity contribution in [3.8, 4) is 0 Å². The quantitative estimate of drug-likeness (QED) is 0.864. The molecule has 1 aliphatic heterocycles. The third-order valence-electron chi connectivity index (χ3n) is 3.64. The third-order valence-corrected chi connectivity index (χ3v) is 3.64. The highest BCUT2D eigenvalue weighted by Gasteiger charge is 2.16. The fourth-order valence-corrected chi connectivity index (χ4v) is 2.67. The molecule has 1 aliphatic rings. The summed E-state index contributed by atoms with van der Waals surface area (Å²) in [4.78, 5) is 14.2. The minimum absolute atomic E-state index is 0.138. The first kappa shape index (κ1) is 15.0. The molecule has 1 amide bonds. The van der Waals surface area contributed by atoms with Crippen molar-refractivity contribution in [3.05, 3.63) is 29.8 Å². The van der Waals surface area contributed by atoms with Gasteiger partial charge < -0.3 is 15.5 Å². The number of hydrogen-bond acceptors (Lipinski definition) is 3. The monoisotopic (exact) mass is 275 g/mol. The number of benzene rings is 1. The van der Waals surface area contributed by atoms with Crippen LogP contribution >= 0.6 is 0 Å². The Morgan fingerprint density at radius 2 is 2.10 bits per heavy atom. The average Bonchev–Trinajstić information content (AvgIpc) is 2.39. The van der Waals surface area contributed by atoms with Crippen LogP contribution in [0.5, 0.6) is 0 Å². The summed E-state index contributed by atoms with van der Waals surface area (Å²) < 4.78 is 0. The van der Waals surface area contributed by atoms with Crippen LogP contribution in [0, 0.1) is 5.92 Å². The Balaban J connectivity index is 1.86. The van der Waals surface area contributed by atoms with E-state index in [2.05, 4.69) is 27.7 Å². The van der Waals surface area contributed by atoms with Gasteiger partial charge >= 0.3 is 0 Å². The molecule has 0 atom stereocenters. The smallest absolute Gasteiger partial charge is 0.224 e. The summed E-state index contributed by atoms with van der Waals surface area (Å²) in [6, 6.07) is 8.10. The van der Waals surface area contributed by atoms with Crippen LogP contribution in [-0.2, 0) is 11.3 Å². The maximum Gasteiger partial charge on any atom is 0.224 e. The molecule has 2 rings (SSSR count). The Bertz CT molecular complexity index is 439. The zero-order valence-electron chi connectivity index (χ0n) is 12.5. The molecule has 0 spiro atoms. The van der Waals surface area contributed by atoms with Crippen LogP contribution in [0.1, 0.15) is 24.8 Å². The molecule has 0 aromatic heterocycles. The van der Waals surface area contributed by atoms with Crippen molar-refractivity contribution in [2.75, 3.05) is 32.5 Å². The Labute approximate surface area is 121 Å². The van der Waals surface area contributed by atoms with E-state index < -0.39 is 0 Å². The van der Waals surface area contributed by atoms with E-state index in [-0.39, 0.29) is 5.91 Å². The minimum Gasteiger partial charge on any atom is -0.326 e. The molecule has 4 heteroatoms. The predicted octanol–water partition coefficient (Wildman–Crippen LogP) is 2.08. The van der Waals surface area contributed by atoms with Gasteiger partial charge in [0.15, 0.2) is 0 Å². The molecule has 1 aromatic rings. The van der Waals surface area contributed by atoms with Gasteiger partial charge in [-0.3, -0.25) is 4.79 Å². The lowest BCUT2D eigenvalue weighted by Crippen LogP contribution is -2.30. The van der Waals surface area contributed by atoms with Gasteiger partial charge in [-0.1, -0.05) is 12.1 Å². The first-order valence-corrected chi connectivity index (χ1v) is 7.38. The van der Waals surface area contributed by atoms with E-state index in [9.17, 15) is 4.79 Å². The van der Waals surface area contributed by atoms with Gasteiger partial charge in [-0.15, -0.1) is 0 Å². The minimum atomic E-state index is 0.138. The van der Waals surface area contributed by atoms with E-state index in [4.69, 9.17) is 0 Å². The Kier molecular flexibility index (Phi) is 5.56. The summed E-state index contributed by atoms with van der Waals surface area (Å²) in [5.41, 5.74) is 2.12. The number of amides is 1. The fraction of sp³-hybridized carbons (Fsp3) is 0.562. The van der Waals surface area contributed by atoms with Crippen LogP contribution in [0.2, 0.25) is 0 Å². The molecule has 2 N–H and O–H groups in total. The highest BCUT2D eigenvalue weighted by molar-refractivity contribution is 5.90. The lowest BCUT2D eigenvalue weighted by atomic mass is 9.94. The second-order valence-electron chi connectivity index (χ2n) is 5.88. The maximum atomic E-state index is 12.1. The average molecular weight is 275 g/mol. The first-order chi connectivity index (χ1) is 9.63. The van der Waals surface area contributed by atoms with Gasteiger partial charge in [0, 0.05) is 18.7 Å². The summed E-state index contributed by atoms with van der Waals surface area (Å²) in [6.07, 6.45) is 2.85. The molecule has 0 saturated carbocycles.